The summed E-state index contributed by atoms with van der Waals surface area (Å²) in [7, 11) is 1.27. The van der Waals surface area contributed by atoms with E-state index >= 15 is 0 Å². The van der Waals surface area contributed by atoms with E-state index in [-0.39, 0.29) is 11.3 Å². The average molecular weight is 382 g/mol. The quantitative estimate of drug-likeness (QED) is 0.777. The summed E-state index contributed by atoms with van der Waals surface area (Å²) in [4.78, 5) is 21.2. The number of carbonyl (C=O) groups is 1. The summed E-state index contributed by atoms with van der Waals surface area (Å²) in [5.74, 6) is -0.0519. The Labute approximate surface area is 161 Å². The monoisotopic (exact) mass is 382 g/mol. The predicted molar refractivity (Wildman–Crippen MR) is 106 cm³/mol. The molecule has 1 aromatic heterocycles. The lowest BCUT2D eigenvalue weighted by Crippen LogP contribution is -2.10. The minimum atomic E-state index is -0.640. The van der Waals surface area contributed by atoms with E-state index in [2.05, 4.69) is 9.98 Å². The number of rotatable bonds is 5. The SMILES string of the molecule is CCOc1ccc(N=C2SC(=Cc3cccnc3)C(O)=C2C(=O)OC)cc1. The summed E-state index contributed by atoms with van der Waals surface area (Å²) in [5, 5.41) is 10.9. The Morgan fingerprint density at radius 2 is 2.07 bits per heavy atom. The number of thioether (sulfide) groups is 1. The highest BCUT2D eigenvalue weighted by Crippen LogP contribution is 2.40. The number of carbonyl (C=O) groups excluding carboxylic acids is 1. The highest BCUT2D eigenvalue weighted by atomic mass is 32.2. The van der Waals surface area contributed by atoms with Crippen molar-refractivity contribution in [1.82, 2.24) is 4.98 Å². The first-order valence-corrected chi connectivity index (χ1v) is 9.07. The number of hydrogen-bond donors (Lipinski definition) is 1. The topological polar surface area (TPSA) is 81.0 Å². The average Bonchev–Trinajstić information content (AvgIpc) is 2.99. The van der Waals surface area contributed by atoms with Crippen molar-refractivity contribution >= 4 is 34.5 Å². The lowest BCUT2D eigenvalue weighted by atomic mass is 10.2. The molecule has 0 aliphatic carbocycles. The first-order valence-electron chi connectivity index (χ1n) is 8.25. The van der Waals surface area contributed by atoms with Crippen molar-refractivity contribution in [2.45, 2.75) is 6.92 Å². The second-order valence-corrected chi connectivity index (χ2v) is 6.49. The number of aliphatic hydroxyl groups excluding tert-OH is 1. The van der Waals surface area contributed by atoms with E-state index in [0.29, 0.717) is 22.2 Å². The smallest absolute Gasteiger partial charge is 0.344 e. The fourth-order valence-corrected chi connectivity index (χ4v) is 3.44. The highest BCUT2D eigenvalue weighted by Gasteiger charge is 2.32. The van der Waals surface area contributed by atoms with Gasteiger partial charge in [-0.05, 0) is 48.9 Å². The number of aromatic nitrogens is 1. The minimum Gasteiger partial charge on any atom is -0.506 e. The normalized spacial score (nSPS) is 16.8. The van der Waals surface area contributed by atoms with Crippen LogP contribution in [0.2, 0.25) is 0 Å². The molecule has 27 heavy (non-hydrogen) atoms. The Bertz CT molecular complexity index is 919. The number of pyridine rings is 1. The number of benzene rings is 1. The minimum absolute atomic E-state index is 0.0477. The van der Waals surface area contributed by atoms with Crippen molar-refractivity contribution in [2.75, 3.05) is 13.7 Å². The van der Waals surface area contributed by atoms with Crippen LogP contribution < -0.4 is 4.74 Å². The molecule has 1 aromatic carbocycles. The molecule has 6 nitrogen and oxygen atoms in total. The van der Waals surface area contributed by atoms with E-state index in [0.717, 1.165) is 11.3 Å². The van der Waals surface area contributed by atoms with Crippen molar-refractivity contribution in [1.29, 1.82) is 0 Å². The van der Waals surface area contributed by atoms with E-state index in [4.69, 9.17) is 9.47 Å². The van der Waals surface area contributed by atoms with Gasteiger partial charge in [0.05, 0.1) is 24.3 Å². The molecule has 0 radical (unpaired) electrons. The molecule has 7 heteroatoms. The van der Waals surface area contributed by atoms with E-state index in [1.807, 2.05) is 13.0 Å². The second kappa shape index (κ2) is 8.55. The number of aliphatic hydroxyl groups is 1. The van der Waals surface area contributed by atoms with Gasteiger partial charge in [0.1, 0.15) is 22.1 Å². The zero-order chi connectivity index (χ0) is 19.2. The molecule has 2 aromatic rings. The number of esters is 1. The Morgan fingerprint density at radius 3 is 2.70 bits per heavy atom. The molecule has 0 amide bonds. The fraction of sp³-hybridized carbons (Fsp3) is 0.150. The molecule has 3 rings (SSSR count). The van der Waals surface area contributed by atoms with Gasteiger partial charge in [-0.15, -0.1) is 0 Å². The van der Waals surface area contributed by atoms with Crippen molar-refractivity contribution in [3.8, 4) is 5.75 Å². The molecule has 1 N–H and O–H groups in total. The summed E-state index contributed by atoms with van der Waals surface area (Å²) in [6.45, 7) is 2.49. The fourth-order valence-electron chi connectivity index (χ4n) is 2.40. The Balaban J connectivity index is 1.97. The van der Waals surface area contributed by atoms with Gasteiger partial charge < -0.3 is 14.6 Å². The molecule has 0 bridgehead atoms. The number of hydrogen-bond acceptors (Lipinski definition) is 7. The van der Waals surface area contributed by atoms with Crippen LogP contribution in [-0.2, 0) is 9.53 Å². The van der Waals surface area contributed by atoms with Crippen LogP contribution in [0, 0.1) is 0 Å². The number of aliphatic imine (C=N–C) groups is 1. The van der Waals surface area contributed by atoms with Crippen LogP contribution in [0.1, 0.15) is 12.5 Å². The Morgan fingerprint density at radius 1 is 1.30 bits per heavy atom. The van der Waals surface area contributed by atoms with Gasteiger partial charge in [0.25, 0.3) is 0 Å². The lowest BCUT2D eigenvalue weighted by molar-refractivity contribution is -0.135. The Kier molecular flexibility index (Phi) is 5.93. The summed E-state index contributed by atoms with van der Waals surface area (Å²) < 4.78 is 10.2. The molecule has 0 fully saturated rings. The third-order valence-electron chi connectivity index (χ3n) is 3.64. The van der Waals surface area contributed by atoms with Gasteiger partial charge in [0.2, 0.25) is 0 Å². The van der Waals surface area contributed by atoms with Crippen LogP contribution in [0.25, 0.3) is 6.08 Å². The molecule has 2 heterocycles. The van der Waals surface area contributed by atoms with Crippen LogP contribution in [0.15, 0.2) is 70.0 Å². The van der Waals surface area contributed by atoms with Gasteiger partial charge in [0.15, 0.2) is 0 Å². The molecule has 0 atom stereocenters. The van der Waals surface area contributed by atoms with E-state index in [1.54, 1.807) is 48.8 Å². The van der Waals surface area contributed by atoms with Crippen LogP contribution in [0.3, 0.4) is 0 Å². The maximum atomic E-state index is 12.2. The maximum Gasteiger partial charge on any atom is 0.344 e. The molecule has 138 valence electrons. The van der Waals surface area contributed by atoms with Gasteiger partial charge in [-0.2, -0.15) is 0 Å². The van der Waals surface area contributed by atoms with Gasteiger partial charge in [-0.3, -0.25) is 4.98 Å². The zero-order valence-corrected chi connectivity index (χ0v) is 15.7. The van der Waals surface area contributed by atoms with Gasteiger partial charge in [-0.1, -0.05) is 17.8 Å². The number of methoxy groups -OCH3 is 1. The van der Waals surface area contributed by atoms with Crippen molar-refractivity contribution in [3.63, 3.8) is 0 Å². The largest absolute Gasteiger partial charge is 0.506 e. The van der Waals surface area contributed by atoms with Crippen LogP contribution >= 0.6 is 11.8 Å². The first kappa shape index (κ1) is 18.7. The number of ether oxygens (including phenoxy) is 2. The van der Waals surface area contributed by atoms with Crippen LogP contribution in [0.4, 0.5) is 5.69 Å². The molecule has 1 aliphatic rings. The first-order chi connectivity index (χ1) is 13.1. The third-order valence-corrected chi connectivity index (χ3v) is 4.66. The van der Waals surface area contributed by atoms with Crippen molar-refractivity contribution in [2.24, 2.45) is 4.99 Å². The Hall–Kier alpha value is -3.06. The molecule has 1 aliphatic heterocycles. The molecular formula is C20H18N2O4S. The lowest BCUT2D eigenvalue weighted by Gasteiger charge is -2.04. The van der Waals surface area contributed by atoms with Crippen LogP contribution in [0.5, 0.6) is 5.75 Å². The van der Waals surface area contributed by atoms with E-state index in [9.17, 15) is 9.90 Å². The van der Waals surface area contributed by atoms with Crippen molar-refractivity contribution in [3.05, 3.63) is 70.6 Å². The van der Waals surface area contributed by atoms with Gasteiger partial charge in [-0.25, -0.2) is 9.79 Å². The predicted octanol–water partition coefficient (Wildman–Crippen LogP) is 4.28. The van der Waals surface area contributed by atoms with E-state index in [1.165, 1.54) is 18.9 Å². The standard InChI is InChI=1S/C20H18N2O4S/c1-3-26-15-8-6-14(7-9-15)22-19-17(20(24)25-2)18(23)16(27-19)11-13-5-4-10-21-12-13/h4-12,23H,3H2,1-2H3. The molecule has 0 unspecified atom stereocenters. The molecule has 0 saturated heterocycles. The van der Waals surface area contributed by atoms with E-state index < -0.39 is 5.97 Å². The summed E-state index contributed by atoms with van der Waals surface area (Å²) >= 11 is 1.20. The highest BCUT2D eigenvalue weighted by molar-refractivity contribution is 8.18. The van der Waals surface area contributed by atoms with Gasteiger partial charge in [0, 0.05) is 12.4 Å². The molecule has 0 saturated carbocycles. The summed E-state index contributed by atoms with van der Waals surface area (Å²) in [6, 6.07) is 10.8. The summed E-state index contributed by atoms with van der Waals surface area (Å²) in [6.07, 6.45) is 5.08. The maximum absolute atomic E-state index is 12.2. The molecule has 0 spiro atoms. The van der Waals surface area contributed by atoms with Crippen molar-refractivity contribution < 1.29 is 19.4 Å². The van der Waals surface area contributed by atoms with Gasteiger partial charge >= 0.3 is 5.97 Å². The summed E-state index contributed by atoms with van der Waals surface area (Å²) in [5.41, 5.74) is 1.49. The number of nitrogens with zero attached hydrogens (tertiary/aromatic N) is 2. The zero-order valence-electron chi connectivity index (χ0n) is 14.9. The third kappa shape index (κ3) is 4.38. The molecular weight excluding hydrogens is 364 g/mol. The second-order valence-electron chi connectivity index (χ2n) is 5.46. The van der Waals surface area contributed by atoms with Crippen LogP contribution in [-0.4, -0.2) is 34.8 Å².